The van der Waals surface area contributed by atoms with E-state index in [1.54, 1.807) is 11.1 Å². The second-order valence-electron chi connectivity index (χ2n) is 3.28. The highest BCUT2D eigenvalue weighted by atomic mass is 16.5. The highest BCUT2D eigenvalue weighted by molar-refractivity contribution is 5.82. The summed E-state index contributed by atoms with van der Waals surface area (Å²) in [5.74, 6) is 0. The predicted octanol–water partition coefficient (Wildman–Crippen LogP) is 2.06. The van der Waals surface area contributed by atoms with Crippen molar-refractivity contribution in [2.45, 2.75) is 0 Å². The van der Waals surface area contributed by atoms with Gasteiger partial charge in [0.1, 0.15) is 0 Å². The summed E-state index contributed by atoms with van der Waals surface area (Å²) in [7, 11) is 1.37. The van der Waals surface area contributed by atoms with E-state index in [1.807, 2.05) is 36.4 Å². The minimum atomic E-state index is -0.374. The van der Waals surface area contributed by atoms with Crippen molar-refractivity contribution >= 4 is 11.8 Å². The fourth-order valence-corrected chi connectivity index (χ4v) is 1.53. The molecule has 0 spiro atoms. The molecule has 4 nitrogen and oxygen atoms in total. The van der Waals surface area contributed by atoms with Crippen LogP contribution in [0, 0.1) is 0 Å². The number of hydrogen-bond acceptors (Lipinski definition) is 3. The molecule has 1 aromatic rings. The van der Waals surface area contributed by atoms with E-state index in [1.165, 1.54) is 7.11 Å². The molecular weight excluding hydrogens is 204 g/mol. The maximum Gasteiger partial charge on any atom is 0.414 e. The molecule has 2 heterocycles. The van der Waals surface area contributed by atoms with Crippen molar-refractivity contribution in [2.75, 3.05) is 13.7 Å². The summed E-state index contributed by atoms with van der Waals surface area (Å²) in [5, 5.41) is 0. The molecule has 0 fully saturated rings. The van der Waals surface area contributed by atoms with Crippen molar-refractivity contribution < 1.29 is 9.53 Å². The Balaban J connectivity index is 2.33. The maximum atomic E-state index is 11.6. The Morgan fingerprint density at radius 2 is 2.38 bits per heavy atom. The molecule has 4 heteroatoms. The van der Waals surface area contributed by atoms with E-state index in [0.717, 1.165) is 11.4 Å². The number of carbonyl (C=O) groups excluding carboxylic acids is 1. The van der Waals surface area contributed by atoms with Crippen LogP contribution in [0.2, 0.25) is 0 Å². The first-order valence-corrected chi connectivity index (χ1v) is 4.96. The zero-order valence-corrected chi connectivity index (χ0v) is 8.96. The van der Waals surface area contributed by atoms with E-state index in [-0.39, 0.29) is 6.09 Å². The summed E-state index contributed by atoms with van der Waals surface area (Å²) in [6, 6.07) is 5.59. The zero-order valence-electron chi connectivity index (χ0n) is 8.96. The topological polar surface area (TPSA) is 42.4 Å². The number of ether oxygens (including phenoxy) is 1. The molecular formula is C12H12N2O2. The van der Waals surface area contributed by atoms with Crippen LogP contribution in [0.15, 0.2) is 42.6 Å². The van der Waals surface area contributed by atoms with Gasteiger partial charge in [-0.05, 0) is 18.2 Å². The summed E-state index contributed by atoms with van der Waals surface area (Å²) in [5.41, 5.74) is 1.52. The Morgan fingerprint density at radius 3 is 3.06 bits per heavy atom. The lowest BCUT2D eigenvalue weighted by Gasteiger charge is -2.24. The average molecular weight is 216 g/mol. The normalized spacial score (nSPS) is 14.6. The summed E-state index contributed by atoms with van der Waals surface area (Å²) in [6.45, 7) is 0.509. The largest absolute Gasteiger partial charge is 0.452 e. The van der Waals surface area contributed by atoms with Crippen LogP contribution in [-0.2, 0) is 4.74 Å². The monoisotopic (exact) mass is 216 g/mol. The van der Waals surface area contributed by atoms with E-state index >= 15 is 0 Å². The minimum Gasteiger partial charge on any atom is -0.452 e. The smallest absolute Gasteiger partial charge is 0.414 e. The molecule has 1 aliphatic rings. The lowest BCUT2D eigenvalue weighted by Crippen LogP contribution is -2.31. The van der Waals surface area contributed by atoms with Crippen molar-refractivity contribution in [1.29, 1.82) is 0 Å². The zero-order chi connectivity index (χ0) is 11.4. The SMILES string of the molecule is COC(=O)N1CC=CC=C1c1ccccn1. The second kappa shape index (κ2) is 4.61. The number of hydrogen-bond donors (Lipinski definition) is 0. The van der Waals surface area contributed by atoms with Gasteiger partial charge in [-0.25, -0.2) is 4.79 Å². The molecule has 0 bridgehead atoms. The predicted molar refractivity (Wildman–Crippen MR) is 60.5 cm³/mol. The first-order valence-electron chi connectivity index (χ1n) is 4.96. The van der Waals surface area contributed by atoms with Gasteiger partial charge >= 0.3 is 6.09 Å². The highest BCUT2D eigenvalue weighted by Crippen LogP contribution is 2.20. The molecule has 82 valence electrons. The van der Waals surface area contributed by atoms with Gasteiger partial charge in [-0.1, -0.05) is 18.2 Å². The van der Waals surface area contributed by atoms with Crippen LogP contribution in [0.4, 0.5) is 4.79 Å². The molecule has 16 heavy (non-hydrogen) atoms. The Labute approximate surface area is 93.9 Å². The third-order valence-electron chi connectivity index (χ3n) is 2.29. The van der Waals surface area contributed by atoms with Crippen LogP contribution in [0.5, 0.6) is 0 Å². The number of methoxy groups -OCH3 is 1. The third-order valence-corrected chi connectivity index (χ3v) is 2.29. The summed E-state index contributed by atoms with van der Waals surface area (Å²) < 4.78 is 4.73. The van der Waals surface area contributed by atoms with Gasteiger partial charge in [0.15, 0.2) is 0 Å². The van der Waals surface area contributed by atoms with E-state index in [4.69, 9.17) is 4.74 Å². The van der Waals surface area contributed by atoms with Crippen LogP contribution in [0.25, 0.3) is 5.70 Å². The van der Waals surface area contributed by atoms with Gasteiger partial charge in [-0.15, -0.1) is 0 Å². The Hall–Kier alpha value is -2.10. The highest BCUT2D eigenvalue weighted by Gasteiger charge is 2.20. The first kappa shape index (κ1) is 10.4. The fraction of sp³-hybridized carbons (Fsp3) is 0.167. The van der Waals surface area contributed by atoms with Gasteiger partial charge in [-0.3, -0.25) is 9.88 Å². The summed E-state index contributed by atoms with van der Waals surface area (Å²) in [4.78, 5) is 17.3. The van der Waals surface area contributed by atoms with Crippen molar-refractivity contribution in [1.82, 2.24) is 9.88 Å². The molecule has 0 saturated carbocycles. The van der Waals surface area contributed by atoms with Crippen LogP contribution in [0.1, 0.15) is 5.69 Å². The standard InChI is InChI=1S/C12H12N2O2/c1-16-12(15)14-9-5-3-7-11(14)10-6-2-4-8-13-10/h2-8H,9H2,1H3. The number of amides is 1. The van der Waals surface area contributed by atoms with Crippen molar-refractivity contribution in [3.63, 3.8) is 0 Å². The quantitative estimate of drug-likeness (QED) is 0.721. The summed E-state index contributed by atoms with van der Waals surface area (Å²) in [6.07, 6.45) is 6.97. The number of aromatic nitrogens is 1. The molecule has 0 unspecified atom stereocenters. The van der Waals surface area contributed by atoms with Crippen LogP contribution in [-0.4, -0.2) is 29.6 Å². The van der Waals surface area contributed by atoms with Gasteiger partial charge in [0.05, 0.1) is 18.5 Å². The van der Waals surface area contributed by atoms with Gasteiger partial charge in [0.2, 0.25) is 0 Å². The van der Waals surface area contributed by atoms with E-state index in [9.17, 15) is 4.79 Å². The first-order chi connectivity index (χ1) is 7.83. The van der Waals surface area contributed by atoms with Gasteiger partial charge < -0.3 is 4.74 Å². The fourth-order valence-electron chi connectivity index (χ4n) is 1.53. The molecule has 0 radical (unpaired) electrons. The van der Waals surface area contributed by atoms with Gasteiger partial charge in [-0.2, -0.15) is 0 Å². The van der Waals surface area contributed by atoms with Crippen LogP contribution < -0.4 is 0 Å². The minimum absolute atomic E-state index is 0.374. The van der Waals surface area contributed by atoms with Crippen molar-refractivity contribution in [2.24, 2.45) is 0 Å². The third kappa shape index (κ3) is 1.95. The van der Waals surface area contributed by atoms with Gasteiger partial charge in [0.25, 0.3) is 0 Å². The lowest BCUT2D eigenvalue weighted by molar-refractivity contribution is 0.146. The number of rotatable bonds is 1. The molecule has 1 aromatic heterocycles. The van der Waals surface area contributed by atoms with Crippen molar-refractivity contribution in [3.05, 3.63) is 48.3 Å². The van der Waals surface area contributed by atoms with Crippen LogP contribution in [0.3, 0.4) is 0 Å². The van der Waals surface area contributed by atoms with Crippen molar-refractivity contribution in [3.8, 4) is 0 Å². The molecule has 2 rings (SSSR count). The number of pyridine rings is 1. The molecule has 0 aliphatic carbocycles. The Morgan fingerprint density at radius 1 is 1.50 bits per heavy atom. The second-order valence-corrected chi connectivity index (χ2v) is 3.28. The van der Waals surface area contributed by atoms with E-state index < -0.39 is 0 Å². The number of carbonyl (C=O) groups is 1. The Kier molecular flexibility index (Phi) is 3.00. The number of allylic oxidation sites excluding steroid dienone is 2. The molecule has 0 N–H and O–H groups in total. The van der Waals surface area contributed by atoms with Crippen LogP contribution >= 0.6 is 0 Å². The average Bonchev–Trinajstić information content (AvgIpc) is 2.39. The Bertz CT molecular complexity index is 438. The summed E-state index contributed by atoms with van der Waals surface area (Å²) >= 11 is 0. The molecule has 0 saturated heterocycles. The lowest BCUT2D eigenvalue weighted by atomic mass is 10.2. The van der Waals surface area contributed by atoms with Gasteiger partial charge in [0, 0.05) is 12.7 Å². The maximum absolute atomic E-state index is 11.6. The molecule has 1 aliphatic heterocycles. The van der Waals surface area contributed by atoms with E-state index in [0.29, 0.717) is 6.54 Å². The number of nitrogens with zero attached hydrogens (tertiary/aromatic N) is 2. The molecule has 0 atom stereocenters. The molecule has 1 amide bonds. The molecule has 0 aromatic carbocycles. The van der Waals surface area contributed by atoms with E-state index in [2.05, 4.69) is 4.98 Å².